The summed E-state index contributed by atoms with van der Waals surface area (Å²) in [7, 11) is 1.94. The molecule has 120 valence electrons. The van der Waals surface area contributed by atoms with Gasteiger partial charge in [0.1, 0.15) is 0 Å². The zero-order valence-corrected chi connectivity index (χ0v) is 15.1. The first-order valence-electron chi connectivity index (χ1n) is 7.43. The third kappa shape index (κ3) is 3.90. The first kappa shape index (κ1) is 17.0. The van der Waals surface area contributed by atoms with E-state index in [-0.39, 0.29) is 5.91 Å². The molecule has 2 rings (SSSR count). The Labute approximate surface area is 140 Å². The van der Waals surface area contributed by atoms with Crippen LogP contribution < -0.4 is 0 Å². The van der Waals surface area contributed by atoms with E-state index in [0.717, 1.165) is 27.0 Å². The van der Waals surface area contributed by atoms with Crippen LogP contribution in [0.15, 0.2) is 12.1 Å². The van der Waals surface area contributed by atoms with Gasteiger partial charge in [-0.3, -0.25) is 9.48 Å². The molecule has 22 heavy (non-hydrogen) atoms. The topological polar surface area (TPSA) is 38.1 Å². The number of halogens is 1. The molecule has 0 atom stereocenters. The van der Waals surface area contributed by atoms with Crippen LogP contribution in [0.3, 0.4) is 0 Å². The summed E-state index contributed by atoms with van der Waals surface area (Å²) in [6.45, 7) is 7.40. The molecule has 6 heteroatoms. The average molecular weight is 340 g/mol. The van der Waals surface area contributed by atoms with E-state index in [4.69, 9.17) is 11.6 Å². The van der Waals surface area contributed by atoms with Crippen molar-refractivity contribution in [3.63, 3.8) is 0 Å². The second kappa shape index (κ2) is 7.29. The molecule has 0 aliphatic rings. The number of aromatic nitrogens is 2. The van der Waals surface area contributed by atoms with Crippen LogP contribution in [0, 0.1) is 13.8 Å². The fourth-order valence-corrected chi connectivity index (χ4v) is 3.67. The predicted molar refractivity (Wildman–Crippen MR) is 91.4 cm³/mol. The number of hydrogen-bond acceptors (Lipinski definition) is 3. The summed E-state index contributed by atoms with van der Waals surface area (Å²) in [5, 5.41) is 4.40. The molecule has 0 aliphatic carbocycles. The van der Waals surface area contributed by atoms with Crippen LogP contribution in [-0.4, -0.2) is 27.1 Å². The molecule has 0 saturated heterocycles. The highest BCUT2D eigenvalue weighted by atomic mass is 35.5. The van der Waals surface area contributed by atoms with E-state index in [1.807, 2.05) is 49.5 Å². The van der Waals surface area contributed by atoms with Gasteiger partial charge in [-0.25, -0.2) is 0 Å². The molecule has 0 fully saturated rings. The molecule has 0 aromatic carbocycles. The number of nitrogens with zero attached hydrogens (tertiary/aromatic N) is 3. The highest BCUT2D eigenvalue weighted by Crippen LogP contribution is 2.23. The molecular weight excluding hydrogens is 318 g/mol. The summed E-state index contributed by atoms with van der Waals surface area (Å²) in [5.41, 5.74) is 3.34. The van der Waals surface area contributed by atoms with Gasteiger partial charge in [0.25, 0.3) is 0 Å². The number of hydrogen-bond donors (Lipinski definition) is 0. The SMILES string of the molecule is CCN(Cc1ccc(Cl)s1)C(=O)CCc1c(C)nn(C)c1C. The van der Waals surface area contributed by atoms with Gasteiger partial charge >= 0.3 is 0 Å². The van der Waals surface area contributed by atoms with Gasteiger partial charge in [-0.05, 0) is 44.9 Å². The van der Waals surface area contributed by atoms with E-state index < -0.39 is 0 Å². The van der Waals surface area contributed by atoms with Gasteiger partial charge in [0, 0.05) is 30.6 Å². The Hall–Kier alpha value is -1.33. The van der Waals surface area contributed by atoms with E-state index in [1.54, 1.807) is 0 Å². The third-order valence-electron chi connectivity index (χ3n) is 3.96. The Kier molecular flexibility index (Phi) is 5.64. The molecule has 4 nitrogen and oxygen atoms in total. The van der Waals surface area contributed by atoms with Gasteiger partial charge in [0.15, 0.2) is 0 Å². The minimum absolute atomic E-state index is 0.176. The Morgan fingerprint density at radius 2 is 2.14 bits per heavy atom. The van der Waals surface area contributed by atoms with Crippen molar-refractivity contribution in [2.45, 2.75) is 40.2 Å². The normalized spacial score (nSPS) is 11.0. The van der Waals surface area contributed by atoms with Crippen LogP contribution in [0.2, 0.25) is 4.34 Å². The Bertz CT molecular complexity index is 662. The summed E-state index contributed by atoms with van der Waals surface area (Å²) in [4.78, 5) is 15.5. The second-order valence-electron chi connectivity index (χ2n) is 5.39. The van der Waals surface area contributed by atoms with Gasteiger partial charge in [0.2, 0.25) is 5.91 Å². The Balaban J connectivity index is 1.97. The number of thiophene rings is 1. The molecule has 0 aliphatic heterocycles. The smallest absolute Gasteiger partial charge is 0.223 e. The first-order valence-corrected chi connectivity index (χ1v) is 8.62. The number of amides is 1. The minimum atomic E-state index is 0.176. The molecule has 2 heterocycles. The maximum Gasteiger partial charge on any atom is 0.223 e. The number of carbonyl (C=O) groups is 1. The highest BCUT2D eigenvalue weighted by Gasteiger charge is 2.16. The van der Waals surface area contributed by atoms with Crippen molar-refractivity contribution in [2.24, 2.45) is 7.05 Å². The van der Waals surface area contributed by atoms with E-state index in [9.17, 15) is 4.79 Å². The summed E-state index contributed by atoms with van der Waals surface area (Å²) >= 11 is 7.48. The summed E-state index contributed by atoms with van der Waals surface area (Å²) in [6, 6.07) is 3.86. The molecule has 0 saturated carbocycles. The van der Waals surface area contributed by atoms with Crippen LogP contribution in [-0.2, 0) is 24.8 Å². The van der Waals surface area contributed by atoms with Crippen molar-refractivity contribution in [1.82, 2.24) is 14.7 Å². The van der Waals surface area contributed by atoms with Gasteiger partial charge < -0.3 is 4.90 Å². The second-order valence-corrected chi connectivity index (χ2v) is 7.19. The maximum absolute atomic E-state index is 12.5. The molecule has 2 aromatic heterocycles. The van der Waals surface area contributed by atoms with E-state index in [0.29, 0.717) is 19.5 Å². The van der Waals surface area contributed by atoms with Crippen LogP contribution in [0.1, 0.15) is 35.2 Å². The van der Waals surface area contributed by atoms with Crippen LogP contribution in [0.25, 0.3) is 0 Å². The predicted octanol–water partition coefficient (Wildman–Crippen LogP) is 3.73. The molecule has 0 N–H and O–H groups in total. The Morgan fingerprint density at radius 1 is 1.41 bits per heavy atom. The van der Waals surface area contributed by atoms with Crippen LogP contribution in [0.5, 0.6) is 0 Å². The average Bonchev–Trinajstić information content (AvgIpc) is 2.98. The molecule has 0 unspecified atom stereocenters. The van der Waals surface area contributed by atoms with Crippen molar-refractivity contribution in [3.8, 4) is 0 Å². The molecule has 0 spiro atoms. The van der Waals surface area contributed by atoms with E-state index in [1.165, 1.54) is 16.9 Å². The quantitative estimate of drug-likeness (QED) is 0.804. The summed E-state index contributed by atoms with van der Waals surface area (Å²) in [6.07, 6.45) is 1.26. The zero-order chi connectivity index (χ0) is 16.3. The van der Waals surface area contributed by atoms with Crippen molar-refractivity contribution < 1.29 is 4.79 Å². The van der Waals surface area contributed by atoms with Gasteiger partial charge in [-0.15, -0.1) is 11.3 Å². The van der Waals surface area contributed by atoms with Crippen molar-refractivity contribution in [1.29, 1.82) is 0 Å². The third-order valence-corrected chi connectivity index (χ3v) is 5.17. The minimum Gasteiger partial charge on any atom is -0.338 e. The lowest BCUT2D eigenvalue weighted by Gasteiger charge is -2.20. The fourth-order valence-electron chi connectivity index (χ4n) is 2.57. The largest absolute Gasteiger partial charge is 0.338 e. The first-order chi connectivity index (χ1) is 10.4. The van der Waals surface area contributed by atoms with E-state index in [2.05, 4.69) is 5.10 Å². The molecular formula is C16H22ClN3OS. The molecule has 0 radical (unpaired) electrons. The standard InChI is InChI=1S/C16H22ClN3OS/c1-5-20(10-13-6-8-15(17)22-13)16(21)9-7-14-11(2)18-19(4)12(14)3/h6,8H,5,7,9-10H2,1-4H3. The van der Waals surface area contributed by atoms with Crippen molar-refractivity contribution >= 4 is 28.8 Å². The van der Waals surface area contributed by atoms with Gasteiger partial charge in [-0.1, -0.05) is 11.6 Å². The lowest BCUT2D eigenvalue weighted by Crippen LogP contribution is -2.30. The lowest BCUT2D eigenvalue weighted by molar-refractivity contribution is -0.131. The number of carbonyl (C=O) groups excluding carboxylic acids is 1. The van der Waals surface area contributed by atoms with Crippen molar-refractivity contribution in [3.05, 3.63) is 38.3 Å². The molecule has 0 bridgehead atoms. The Morgan fingerprint density at radius 3 is 2.64 bits per heavy atom. The van der Waals surface area contributed by atoms with Crippen molar-refractivity contribution in [2.75, 3.05) is 6.54 Å². The maximum atomic E-state index is 12.5. The number of aryl methyl sites for hydroxylation is 2. The highest BCUT2D eigenvalue weighted by molar-refractivity contribution is 7.16. The zero-order valence-electron chi connectivity index (χ0n) is 13.5. The lowest BCUT2D eigenvalue weighted by atomic mass is 10.1. The number of rotatable bonds is 6. The van der Waals surface area contributed by atoms with E-state index >= 15 is 0 Å². The van der Waals surface area contributed by atoms with Crippen LogP contribution in [0.4, 0.5) is 0 Å². The fraction of sp³-hybridized carbons (Fsp3) is 0.500. The van der Waals surface area contributed by atoms with Gasteiger partial charge in [0.05, 0.1) is 16.6 Å². The summed E-state index contributed by atoms with van der Waals surface area (Å²) < 4.78 is 2.64. The molecule has 2 aromatic rings. The van der Waals surface area contributed by atoms with Crippen LogP contribution >= 0.6 is 22.9 Å². The monoisotopic (exact) mass is 339 g/mol. The summed E-state index contributed by atoms with van der Waals surface area (Å²) in [5.74, 6) is 0.176. The van der Waals surface area contributed by atoms with Gasteiger partial charge in [-0.2, -0.15) is 5.10 Å². The molecule has 1 amide bonds.